The zero-order chi connectivity index (χ0) is 17.9. The van der Waals surface area contributed by atoms with Gasteiger partial charge in [-0.1, -0.05) is 19.1 Å². The van der Waals surface area contributed by atoms with Crippen LogP contribution in [0.1, 0.15) is 46.1 Å². The summed E-state index contributed by atoms with van der Waals surface area (Å²) in [5.41, 5.74) is 5.96. The standard InChI is InChI=1S/C11H24N2O2.C7H7F/c1-5-8-13(9-6-7-12)10(14)15-11(2,3)4;1-6-3-2-4-7(8)5-6/h5-9,12H2,1-4H3;2-5H,1H3. The molecule has 4 nitrogen and oxygen atoms in total. The van der Waals surface area contributed by atoms with E-state index in [9.17, 15) is 9.18 Å². The van der Waals surface area contributed by atoms with Crippen LogP contribution in [0.4, 0.5) is 9.18 Å². The summed E-state index contributed by atoms with van der Waals surface area (Å²) in [5, 5.41) is 0. The second kappa shape index (κ2) is 11.0. The first-order valence-corrected chi connectivity index (χ1v) is 8.09. The van der Waals surface area contributed by atoms with E-state index in [0.717, 1.165) is 24.9 Å². The summed E-state index contributed by atoms with van der Waals surface area (Å²) in [7, 11) is 0. The summed E-state index contributed by atoms with van der Waals surface area (Å²) in [6, 6.07) is 6.50. The van der Waals surface area contributed by atoms with Crippen molar-refractivity contribution in [1.82, 2.24) is 4.90 Å². The monoisotopic (exact) mass is 326 g/mol. The summed E-state index contributed by atoms with van der Waals surface area (Å²) in [4.78, 5) is 13.4. The minimum Gasteiger partial charge on any atom is -0.444 e. The molecule has 0 aromatic heterocycles. The Balaban J connectivity index is 0.000000502. The van der Waals surface area contributed by atoms with Crippen molar-refractivity contribution >= 4 is 6.09 Å². The third-order valence-electron chi connectivity index (χ3n) is 2.76. The van der Waals surface area contributed by atoms with Gasteiger partial charge in [-0.15, -0.1) is 0 Å². The molecule has 1 aromatic carbocycles. The van der Waals surface area contributed by atoms with Crippen LogP contribution in [0.3, 0.4) is 0 Å². The molecule has 132 valence electrons. The molecule has 0 heterocycles. The van der Waals surface area contributed by atoms with Crippen LogP contribution < -0.4 is 5.73 Å². The lowest BCUT2D eigenvalue weighted by Gasteiger charge is -2.27. The molecule has 0 saturated heterocycles. The molecule has 0 spiro atoms. The lowest BCUT2D eigenvalue weighted by molar-refractivity contribution is 0.0249. The molecule has 0 atom stereocenters. The predicted octanol–water partition coefficient (Wildman–Crippen LogP) is 4.12. The molecule has 1 aromatic rings. The van der Waals surface area contributed by atoms with E-state index in [-0.39, 0.29) is 11.9 Å². The maximum Gasteiger partial charge on any atom is 0.410 e. The van der Waals surface area contributed by atoms with Gasteiger partial charge in [-0.25, -0.2) is 9.18 Å². The minimum absolute atomic E-state index is 0.162. The quantitative estimate of drug-likeness (QED) is 0.885. The molecule has 23 heavy (non-hydrogen) atoms. The molecule has 0 fully saturated rings. The first-order chi connectivity index (χ1) is 10.7. The van der Waals surface area contributed by atoms with Gasteiger partial charge in [0, 0.05) is 13.1 Å². The molecular formula is C18H31FN2O2. The van der Waals surface area contributed by atoms with E-state index < -0.39 is 5.60 Å². The summed E-state index contributed by atoms with van der Waals surface area (Å²) in [5.74, 6) is -0.162. The molecule has 0 saturated carbocycles. The molecular weight excluding hydrogens is 295 g/mol. The van der Waals surface area contributed by atoms with E-state index in [1.54, 1.807) is 11.0 Å². The zero-order valence-electron chi connectivity index (χ0n) is 15.1. The van der Waals surface area contributed by atoms with Crippen molar-refractivity contribution in [3.63, 3.8) is 0 Å². The van der Waals surface area contributed by atoms with Crippen molar-refractivity contribution in [3.05, 3.63) is 35.6 Å². The fourth-order valence-corrected chi connectivity index (χ4v) is 1.78. The van der Waals surface area contributed by atoms with Gasteiger partial charge in [0.25, 0.3) is 0 Å². The van der Waals surface area contributed by atoms with E-state index in [0.29, 0.717) is 13.1 Å². The molecule has 2 N–H and O–H groups in total. The van der Waals surface area contributed by atoms with E-state index in [1.807, 2.05) is 40.7 Å². The molecule has 1 rings (SSSR count). The number of hydrogen-bond donors (Lipinski definition) is 1. The number of hydrogen-bond acceptors (Lipinski definition) is 3. The fourth-order valence-electron chi connectivity index (χ4n) is 1.78. The number of aryl methyl sites for hydroxylation is 1. The average Bonchev–Trinajstić information content (AvgIpc) is 2.42. The highest BCUT2D eigenvalue weighted by Crippen LogP contribution is 2.10. The van der Waals surface area contributed by atoms with Crippen molar-refractivity contribution in [2.45, 2.75) is 53.1 Å². The summed E-state index contributed by atoms with van der Waals surface area (Å²) in [6.07, 6.45) is 1.51. The number of amides is 1. The lowest BCUT2D eigenvalue weighted by Crippen LogP contribution is -2.38. The fraction of sp³-hybridized carbons (Fsp3) is 0.611. The van der Waals surface area contributed by atoms with Gasteiger partial charge in [0.15, 0.2) is 0 Å². The summed E-state index contributed by atoms with van der Waals surface area (Å²) < 4.78 is 17.5. The number of ether oxygens (including phenoxy) is 1. The molecule has 0 aliphatic rings. The first kappa shape index (κ1) is 21.4. The Hall–Kier alpha value is -1.62. The van der Waals surface area contributed by atoms with Crippen LogP contribution in [0.25, 0.3) is 0 Å². The van der Waals surface area contributed by atoms with E-state index in [4.69, 9.17) is 10.5 Å². The van der Waals surface area contributed by atoms with Crippen molar-refractivity contribution < 1.29 is 13.9 Å². The smallest absolute Gasteiger partial charge is 0.410 e. The van der Waals surface area contributed by atoms with Gasteiger partial charge in [-0.05, 0) is 64.8 Å². The number of nitrogens with two attached hydrogens (primary N) is 1. The van der Waals surface area contributed by atoms with Gasteiger partial charge < -0.3 is 15.4 Å². The van der Waals surface area contributed by atoms with Crippen LogP contribution >= 0.6 is 0 Å². The van der Waals surface area contributed by atoms with Gasteiger partial charge in [-0.3, -0.25) is 0 Å². The van der Waals surface area contributed by atoms with Gasteiger partial charge in [-0.2, -0.15) is 0 Å². The van der Waals surface area contributed by atoms with Crippen molar-refractivity contribution in [3.8, 4) is 0 Å². The number of rotatable bonds is 5. The number of nitrogens with zero attached hydrogens (tertiary/aromatic N) is 1. The van der Waals surface area contributed by atoms with Gasteiger partial charge in [0.05, 0.1) is 0 Å². The van der Waals surface area contributed by atoms with Crippen LogP contribution in [0.5, 0.6) is 0 Å². The van der Waals surface area contributed by atoms with E-state index >= 15 is 0 Å². The Morgan fingerprint density at radius 3 is 2.35 bits per heavy atom. The van der Waals surface area contributed by atoms with Crippen LogP contribution in [0.2, 0.25) is 0 Å². The third kappa shape index (κ3) is 11.6. The zero-order valence-corrected chi connectivity index (χ0v) is 15.1. The normalized spacial score (nSPS) is 10.6. The summed E-state index contributed by atoms with van der Waals surface area (Å²) in [6.45, 7) is 11.5. The van der Waals surface area contributed by atoms with Gasteiger partial charge in [0.2, 0.25) is 0 Å². The number of benzene rings is 1. The largest absolute Gasteiger partial charge is 0.444 e. The van der Waals surface area contributed by atoms with Crippen molar-refractivity contribution in [2.75, 3.05) is 19.6 Å². The summed E-state index contributed by atoms with van der Waals surface area (Å²) >= 11 is 0. The topological polar surface area (TPSA) is 55.6 Å². The Labute approximate surface area is 139 Å². The molecule has 0 aliphatic heterocycles. The highest BCUT2D eigenvalue weighted by atomic mass is 19.1. The highest BCUT2D eigenvalue weighted by Gasteiger charge is 2.20. The van der Waals surface area contributed by atoms with Gasteiger partial charge >= 0.3 is 6.09 Å². The Bertz CT molecular complexity index is 441. The van der Waals surface area contributed by atoms with Gasteiger partial charge in [0.1, 0.15) is 11.4 Å². The molecule has 0 bridgehead atoms. The van der Waals surface area contributed by atoms with Crippen molar-refractivity contribution in [2.24, 2.45) is 5.73 Å². The van der Waals surface area contributed by atoms with Crippen LogP contribution in [-0.2, 0) is 4.74 Å². The van der Waals surface area contributed by atoms with Crippen molar-refractivity contribution in [1.29, 1.82) is 0 Å². The molecule has 0 aliphatic carbocycles. The first-order valence-electron chi connectivity index (χ1n) is 8.09. The highest BCUT2D eigenvalue weighted by molar-refractivity contribution is 5.68. The second-order valence-electron chi connectivity index (χ2n) is 6.41. The molecule has 5 heteroatoms. The van der Waals surface area contributed by atoms with Crippen LogP contribution in [0, 0.1) is 12.7 Å². The maximum atomic E-state index is 12.2. The Morgan fingerprint density at radius 2 is 1.96 bits per heavy atom. The lowest BCUT2D eigenvalue weighted by atomic mass is 10.2. The SMILES string of the molecule is CCCN(CCCN)C(=O)OC(C)(C)C.Cc1cccc(F)c1. The predicted molar refractivity (Wildman–Crippen MR) is 92.9 cm³/mol. The average molecular weight is 326 g/mol. The molecule has 0 radical (unpaired) electrons. The molecule has 1 amide bonds. The molecule has 0 unspecified atom stereocenters. The maximum absolute atomic E-state index is 12.2. The third-order valence-corrected chi connectivity index (χ3v) is 2.76. The number of halogens is 1. The second-order valence-corrected chi connectivity index (χ2v) is 6.41. The van der Waals surface area contributed by atoms with Crippen LogP contribution in [0.15, 0.2) is 24.3 Å². The number of carbonyl (C=O) groups excluding carboxylic acids is 1. The van der Waals surface area contributed by atoms with E-state index in [2.05, 4.69) is 0 Å². The van der Waals surface area contributed by atoms with E-state index in [1.165, 1.54) is 12.1 Å². The Kier molecular flexibility index (Phi) is 10.2. The Morgan fingerprint density at radius 1 is 1.30 bits per heavy atom. The number of carbonyl (C=O) groups is 1. The van der Waals surface area contributed by atoms with Crippen LogP contribution in [-0.4, -0.2) is 36.2 Å². The minimum atomic E-state index is -0.425.